The minimum absolute atomic E-state index is 0.232. The highest BCUT2D eigenvalue weighted by Crippen LogP contribution is 2.32. The monoisotopic (exact) mass is 375 g/mol. The first kappa shape index (κ1) is 18.5. The van der Waals surface area contributed by atoms with Crippen molar-refractivity contribution in [3.8, 4) is 11.5 Å². The lowest BCUT2D eigenvalue weighted by atomic mass is 9.78. The third kappa shape index (κ3) is 4.66. The Morgan fingerprint density at radius 3 is 2.85 bits per heavy atom. The van der Waals surface area contributed by atoms with Gasteiger partial charge in [-0.2, -0.15) is 0 Å². The summed E-state index contributed by atoms with van der Waals surface area (Å²) >= 11 is 5.29. The maximum absolute atomic E-state index is 12.0. The molecule has 1 saturated carbocycles. The first-order valence-electron chi connectivity index (χ1n) is 8.97. The van der Waals surface area contributed by atoms with E-state index in [1.54, 1.807) is 6.08 Å². The number of amides is 1. The second-order valence-corrected chi connectivity index (χ2v) is 7.32. The standard InChI is InChI=1S/C19H25N3O3S/c1-12-4-3-5-15(13(12)2)20-19(26)22-21-18(23)9-7-14-6-8-16-17(10-14)25-11-24-16/h6-10,12-13,15H,3-5,11H2,1-2H3,(H,21,23)(H2,20,22,26)/b9-7+/t12-,13+,15+/m0/s1. The van der Waals surface area contributed by atoms with E-state index >= 15 is 0 Å². The van der Waals surface area contributed by atoms with E-state index in [9.17, 15) is 4.79 Å². The molecule has 0 aromatic heterocycles. The molecule has 1 amide bonds. The first-order chi connectivity index (χ1) is 12.5. The molecule has 3 atom stereocenters. The van der Waals surface area contributed by atoms with Crippen LogP contribution in [0.2, 0.25) is 0 Å². The molecule has 1 aromatic rings. The van der Waals surface area contributed by atoms with Crippen LogP contribution in [-0.4, -0.2) is 23.9 Å². The molecule has 3 rings (SSSR count). The zero-order valence-corrected chi connectivity index (χ0v) is 15.9. The summed E-state index contributed by atoms with van der Waals surface area (Å²) in [5.41, 5.74) is 6.21. The van der Waals surface area contributed by atoms with E-state index in [0.717, 1.165) is 17.7 Å². The molecule has 6 nitrogen and oxygen atoms in total. The van der Waals surface area contributed by atoms with Gasteiger partial charge >= 0.3 is 0 Å². The molecule has 1 heterocycles. The highest BCUT2D eigenvalue weighted by Gasteiger charge is 2.27. The molecule has 140 valence electrons. The number of carbonyl (C=O) groups is 1. The number of hydrogen-bond donors (Lipinski definition) is 3. The maximum Gasteiger partial charge on any atom is 0.262 e. The van der Waals surface area contributed by atoms with Gasteiger partial charge in [-0.25, -0.2) is 0 Å². The average molecular weight is 375 g/mol. The van der Waals surface area contributed by atoms with Gasteiger partial charge in [0.05, 0.1) is 0 Å². The number of carbonyl (C=O) groups excluding carboxylic acids is 1. The molecule has 1 aliphatic heterocycles. The minimum atomic E-state index is -0.281. The summed E-state index contributed by atoms with van der Waals surface area (Å²) in [6, 6.07) is 5.86. The normalized spacial score (nSPS) is 24.3. The predicted molar refractivity (Wildman–Crippen MR) is 105 cm³/mol. The largest absolute Gasteiger partial charge is 0.454 e. The Morgan fingerprint density at radius 1 is 1.19 bits per heavy atom. The van der Waals surface area contributed by atoms with Crippen LogP contribution in [0.5, 0.6) is 11.5 Å². The third-order valence-electron chi connectivity index (χ3n) is 5.15. The lowest BCUT2D eigenvalue weighted by Crippen LogP contribution is -2.52. The number of thiocarbonyl (C=S) groups is 1. The zero-order valence-electron chi connectivity index (χ0n) is 15.1. The van der Waals surface area contributed by atoms with Crippen LogP contribution in [0, 0.1) is 11.8 Å². The molecule has 1 aliphatic carbocycles. The summed E-state index contributed by atoms with van der Waals surface area (Å²) < 4.78 is 10.6. The number of ether oxygens (including phenoxy) is 2. The van der Waals surface area contributed by atoms with Crippen molar-refractivity contribution < 1.29 is 14.3 Å². The van der Waals surface area contributed by atoms with E-state index in [2.05, 4.69) is 30.0 Å². The average Bonchev–Trinajstić information content (AvgIpc) is 3.10. The number of nitrogens with one attached hydrogen (secondary N) is 3. The fraction of sp³-hybridized carbons (Fsp3) is 0.474. The Bertz CT molecular complexity index is 707. The van der Waals surface area contributed by atoms with Gasteiger partial charge in [-0.3, -0.25) is 15.6 Å². The topological polar surface area (TPSA) is 71.6 Å². The molecule has 26 heavy (non-hydrogen) atoms. The van der Waals surface area contributed by atoms with Crippen molar-refractivity contribution in [3.63, 3.8) is 0 Å². The van der Waals surface area contributed by atoms with Crippen molar-refractivity contribution in [1.82, 2.24) is 16.2 Å². The minimum Gasteiger partial charge on any atom is -0.454 e. The van der Waals surface area contributed by atoms with E-state index < -0.39 is 0 Å². The van der Waals surface area contributed by atoms with E-state index in [-0.39, 0.29) is 12.7 Å². The highest BCUT2D eigenvalue weighted by molar-refractivity contribution is 7.80. The van der Waals surface area contributed by atoms with Crippen LogP contribution in [0.3, 0.4) is 0 Å². The second kappa shape index (κ2) is 8.40. The number of fused-ring (bicyclic) bond motifs is 1. The molecular weight excluding hydrogens is 350 g/mol. The van der Waals surface area contributed by atoms with Gasteiger partial charge in [-0.05, 0) is 54.2 Å². The fourth-order valence-corrected chi connectivity index (χ4v) is 3.54. The molecule has 0 unspecified atom stereocenters. The molecule has 0 saturated heterocycles. The summed E-state index contributed by atoms with van der Waals surface area (Å²) in [5, 5.41) is 3.75. The van der Waals surface area contributed by atoms with Crippen molar-refractivity contribution >= 4 is 29.3 Å². The molecule has 0 spiro atoms. The van der Waals surface area contributed by atoms with E-state index in [1.807, 2.05) is 18.2 Å². The van der Waals surface area contributed by atoms with Crippen LogP contribution in [0.15, 0.2) is 24.3 Å². The van der Waals surface area contributed by atoms with Crippen molar-refractivity contribution in [2.75, 3.05) is 6.79 Å². The van der Waals surface area contributed by atoms with Crippen molar-refractivity contribution in [3.05, 3.63) is 29.8 Å². The zero-order chi connectivity index (χ0) is 18.5. The number of hydrogen-bond acceptors (Lipinski definition) is 4. The molecular formula is C19H25N3O3S. The third-order valence-corrected chi connectivity index (χ3v) is 5.37. The molecule has 2 aliphatic rings. The molecule has 7 heteroatoms. The van der Waals surface area contributed by atoms with Crippen molar-refractivity contribution in [2.45, 2.75) is 39.2 Å². The Morgan fingerprint density at radius 2 is 2.00 bits per heavy atom. The van der Waals surface area contributed by atoms with Crippen LogP contribution < -0.4 is 25.6 Å². The summed E-state index contributed by atoms with van der Waals surface area (Å²) in [4.78, 5) is 12.0. The Hall–Kier alpha value is -2.28. The lowest BCUT2D eigenvalue weighted by molar-refractivity contribution is -0.116. The fourth-order valence-electron chi connectivity index (χ4n) is 3.34. The van der Waals surface area contributed by atoms with E-state index in [1.165, 1.54) is 18.9 Å². The van der Waals surface area contributed by atoms with E-state index in [4.69, 9.17) is 21.7 Å². The summed E-state index contributed by atoms with van der Waals surface area (Å²) in [6.45, 7) is 4.75. The molecule has 0 bridgehead atoms. The summed E-state index contributed by atoms with van der Waals surface area (Å²) in [5.74, 6) is 2.37. The second-order valence-electron chi connectivity index (χ2n) is 6.91. The van der Waals surface area contributed by atoms with Gasteiger partial charge in [-0.15, -0.1) is 0 Å². The van der Waals surface area contributed by atoms with Gasteiger partial charge in [0, 0.05) is 12.1 Å². The highest BCUT2D eigenvalue weighted by atomic mass is 32.1. The SMILES string of the molecule is C[C@@H]1[C@@H](C)CCC[C@H]1NC(=S)NNC(=O)/C=C/c1ccc2c(c1)OCO2. The molecule has 3 N–H and O–H groups in total. The smallest absolute Gasteiger partial charge is 0.262 e. The number of benzene rings is 1. The van der Waals surface area contributed by atoms with Gasteiger partial charge in [0.25, 0.3) is 5.91 Å². The van der Waals surface area contributed by atoms with Gasteiger partial charge in [0.1, 0.15) is 0 Å². The first-order valence-corrected chi connectivity index (χ1v) is 9.38. The Balaban J connectivity index is 1.44. The molecule has 0 radical (unpaired) electrons. The van der Waals surface area contributed by atoms with Crippen molar-refractivity contribution in [2.24, 2.45) is 11.8 Å². The van der Waals surface area contributed by atoms with Crippen LogP contribution in [0.4, 0.5) is 0 Å². The molecule has 1 fully saturated rings. The van der Waals surface area contributed by atoms with Gasteiger partial charge in [0.15, 0.2) is 16.6 Å². The van der Waals surface area contributed by atoms with Crippen molar-refractivity contribution in [1.29, 1.82) is 0 Å². The summed E-state index contributed by atoms with van der Waals surface area (Å²) in [6.07, 6.45) is 6.72. The van der Waals surface area contributed by atoms with E-state index in [0.29, 0.717) is 28.7 Å². The predicted octanol–water partition coefficient (Wildman–Crippen LogP) is 2.75. The van der Waals surface area contributed by atoms with Crippen LogP contribution in [-0.2, 0) is 4.79 Å². The van der Waals surface area contributed by atoms with Gasteiger partial charge in [0.2, 0.25) is 6.79 Å². The van der Waals surface area contributed by atoms with Crippen LogP contribution in [0.25, 0.3) is 6.08 Å². The maximum atomic E-state index is 12.0. The Labute approximate surface area is 159 Å². The lowest BCUT2D eigenvalue weighted by Gasteiger charge is -2.35. The van der Waals surface area contributed by atoms with Crippen LogP contribution >= 0.6 is 12.2 Å². The number of hydrazine groups is 1. The number of rotatable bonds is 3. The summed E-state index contributed by atoms with van der Waals surface area (Å²) in [7, 11) is 0. The quantitative estimate of drug-likeness (QED) is 0.429. The Kier molecular flexibility index (Phi) is 5.98. The molecule has 1 aromatic carbocycles. The van der Waals surface area contributed by atoms with Gasteiger partial charge in [-0.1, -0.05) is 32.8 Å². The van der Waals surface area contributed by atoms with Crippen LogP contribution in [0.1, 0.15) is 38.7 Å². The van der Waals surface area contributed by atoms with Gasteiger partial charge < -0.3 is 14.8 Å².